The maximum atomic E-state index is 12.0. The summed E-state index contributed by atoms with van der Waals surface area (Å²) in [6, 6.07) is 0. The van der Waals surface area contributed by atoms with E-state index in [1.807, 2.05) is 38.1 Å². The fraction of sp³-hybridized carbons (Fsp3) is 0.735. The van der Waals surface area contributed by atoms with E-state index < -0.39 is 0 Å². The summed E-state index contributed by atoms with van der Waals surface area (Å²) in [7, 11) is 0. The molecular weight excluding hydrogens is 689 g/mol. The Bertz CT molecular complexity index is 1180. The topological polar surface area (TPSA) is 96.4 Å². The van der Waals surface area contributed by atoms with Gasteiger partial charge in [0.1, 0.15) is 5.60 Å². The lowest BCUT2D eigenvalue weighted by atomic mass is 9.68. The monoisotopic (exact) mass is 739 g/mol. The van der Waals surface area contributed by atoms with Crippen molar-refractivity contribution >= 4 is 45.2 Å². The van der Waals surface area contributed by atoms with Crippen molar-refractivity contribution in [2.45, 2.75) is 109 Å². The third kappa shape index (κ3) is 12.1. The van der Waals surface area contributed by atoms with Gasteiger partial charge in [-0.3, -0.25) is 4.90 Å². The molecule has 0 unspecified atom stereocenters. The van der Waals surface area contributed by atoms with Gasteiger partial charge in [-0.2, -0.15) is 0 Å². The van der Waals surface area contributed by atoms with Crippen molar-refractivity contribution in [3.05, 3.63) is 46.5 Å². The summed E-state index contributed by atoms with van der Waals surface area (Å²) in [6.07, 6.45) is 21.7. The number of piperidine rings is 3. The van der Waals surface area contributed by atoms with Gasteiger partial charge in [0.05, 0.1) is 0 Å². The first-order valence-corrected chi connectivity index (χ1v) is 18.8. The molecular formula is C34H52BrCl2N7O2. The van der Waals surface area contributed by atoms with Crippen LogP contribution in [0.15, 0.2) is 24.8 Å². The average molecular weight is 742 g/mol. The Labute approximate surface area is 294 Å². The molecule has 2 aromatic heterocycles. The number of nitrogens with one attached hydrogen (secondary N) is 1. The molecule has 0 aromatic carbocycles. The lowest BCUT2D eigenvalue weighted by molar-refractivity contribution is 0.00572. The van der Waals surface area contributed by atoms with Gasteiger partial charge in [0.2, 0.25) is 10.6 Å². The summed E-state index contributed by atoms with van der Waals surface area (Å²) < 4.78 is 5.43. The van der Waals surface area contributed by atoms with Crippen molar-refractivity contribution in [3.63, 3.8) is 0 Å². The van der Waals surface area contributed by atoms with Crippen LogP contribution in [0.4, 0.5) is 4.79 Å². The van der Waals surface area contributed by atoms with Gasteiger partial charge in [-0.05, 0) is 138 Å². The highest BCUT2D eigenvalue weighted by Crippen LogP contribution is 2.44. The van der Waals surface area contributed by atoms with E-state index in [9.17, 15) is 4.79 Å². The molecule has 3 saturated heterocycles. The Hall–Kier alpha value is -1.59. The van der Waals surface area contributed by atoms with Gasteiger partial charge >= 0.3 is 6.09 Å². The number of ether oxygens (including phenoxy) is 1. The zero-order valence-electron chi connectivity index (χ0n) is 27.9. The number of likely N-dealkylation sites (tertiary alicyclic amines) is 2. The standard InChI is InChI=1S/C15H22ClN3.C14H26N2O2.C5H4BrClN2/c16-14-17-10-13(11-18-14)12-19-8-6-15(7-9-19)4-2-1-3-5-15;1-13(2,3)18-12(17)16-10-6-14(7-11-16)4-8-15-9-5-14;6-1-4-2-8-5(7)9-3-4/h10-11H,1-9,12H2;15H,4-11H2,1-3H3;2-3H,1H2. The van der Waals surface area contributed by atoms with Gasteiger partial charge in [0.15, 0.2) is 0 Å². The minimum atomic E-state index is -0.388. The maximum Gasteiger partial charge on any atom is 0.410 e. The molecule has 0 radical (unpaired) electrons. The van der Waals surface area contributed by atoms with Crippen LogP contribution in [-0.2, 0) is 16.6 Å². The van der Waals surface area contributed by atoms with E-state index in [0.29, 0.717) is 21.4 Å². The zero-order valence-corrected chi connectivity index (χ0v) is 31.0. The summed E-state index contributed by atoms with van der Waals surface area (Å²) >= 11 is 14.4. The first kappa shape index (κ1) is 37.2. The second-order valence-corrected chi connectivity index (χ2v) is 15.6. The lowest BCUT2D eigenvalue weighted by Crippen LogP contribution is -2.48. The Morgan fingerprint density at radius 3 is 1.76 bits per heavy atom. The van der Waals surface area contributed by atoms with Gasteiger partial charge in [-0.1, -0.05) is 35.2 Å². The molecule has 1 N–H and O–H groups in total. The minimum Gasteiger partial charge on any atom is -0.444 e. The average Bonchev–Trinajstić information content (AvgIpc) is 3.05. The van der Waals surface area contributed by atoms with Crippen LogP contribution in [0.2, 0.25) is 10.6 Å². The predicted octanol–water partition coefficient (Wildman–Crippen LogP) is 8.09. The van der Waals surface area contributed by atoms with Crippen molar-refractivity contribution in [3.8, 4) is 0 Å². The summed E-state index contributed by atoms with van der Waals surface area (Å²) in [4.78, 5) is 32.0. The number of alkyl halides is 1. The van der Waals surface area contributed by atoms with Crippen LogP contribution in [0.25, 0.3) is 0 Å². The quantitative estimate of drug-likeness (QED) is 0.249. The molecule has 3 aliphatic heterocycles. The highest BCUT2D eigenvalue weighted by atomic mass is 79.9. The molecule has 1 aliphatic carbocycles. The van der Waals surface area contributed by atoms with Crippen molar-refractivity contribution in [2.75, 3.05) is 39.3 Å². The van der Waals surface area contributed by atoms with E-state index in [1.165, 1.54) is 76.4 Å². The van der Waals surface area contributed by atoms with Gasteiger partial charge in [-0.25, -0.2) is 24.7 Å². The molecule has 1 amide bonds. The number of amides is 1. The molecule has 256 valence electrons. The number of nitrogens with zero attached hydrogens (tertiary/aromatic N) is 6. The van der Waals surface area contributed by atoms with Crippen molar-refractivity contribution in [1.29, 1.82) is 0 Å². The second-order valence-electron chi connectivity index (χ2n) is 14.4. The third-order valence-corrected chi connectivity index (χ3v) is 10.9. The fourth-order valence-corrected chi connectivity index (χ4v) is 7.51. The molecule has 4 aliphatic rings. The Balaban J connectivity index is 0.000000167. The molecule has 0 atom stereocenters. The molecule has 0 bridgehead atoms. The van der Waals surface area contributed by atoms with Crippen LogP contribution >= 0.6 is 39.1 Å². The minimum absolute atomic E-state index is 0.147. The van der Waals surface area contributed by atoms with E-state index in [2.05, 4.69) is 46.1 Å². The van der Waals surface area contributed by atoms with Gasteiger partial charge < -0.3 is 15.0 Å². The Kier molecular flexibility index (Phi) is 14.3. The van der Waals surface area contributed by atoms with Crippen LogP contribution in [0.1, 0.15) is 103 Å². The zero-order chi connectivity index (χ0) is 33.0. The summed E-state index contributed by atoms with van der Waals surface area (Å²) in [5, 5.41) is 4.81. The molecule has 6 rings (SSSR count). The Morgan fingerprint density at radius 1 is 0.783 bits per heavy atom. The second kappa shape index (κ2) is 17.7. The SMILES string of the molecule is CC(C)(C)OC(=O)N1CCC2(CCNCC2)CC1.Clc1ncc(CBr)cn1.Clc1ncc(CN2CCC3(CCCCC3)CC2)cn1. The number of halogens is 3. The molecule has 5 heterocycles. The number of hydrogen-bond acceptors (Lipinski definition) is 8. The van der Waals surface area contributed by atoms with Gasteiger partial charge in [0.25, 0.3) is 0 Å². The highest BCUT2D eigenvalue weighted by Gasteiger charge is 2.38. The summed E-state index contributed by atoms with van der Waals surface area (Å²) in [5.74, 6) is 0. The van der Waals surface area contributed by atoms with E-state index >= 15 is 0 Å². The summed E-state index contributed by atoms with van der Waals surface area (Å²) in [6.45, 7) is 13.1. The molecule has 1 saturated carbocycles. The number of carbonyl (C=O) groups is 1. The van der Waals surface area contributed by atoms with Crippen LogP contribution in [-0.4, -0.2) is 80.7 Å². The molecule has 12 heteroatoms. The van der Waals surface area contributed by atoms with E-state index in [0.717, 1.165) is 56.5 Å². The van der Waals surface area contributed by atoms with Crippen molar-refractivity contribution in [2.24, 2.45) is 10.8 Å². The van der Waals surface area contributed by atoms with Crippen LogP contribution < -0.4 is 5.32 Å². The Morgan fingerprint density at radius 2 is 1.26 bits per heavy atom. The number of aromatic nitrogens is 4. The molecule has 9 nitrogen and oxygen atoms in total. The van der Waals surface area contributed by atoms with Gasteiger partial charge in [-0.15, -0.1) is 0 Å². The van der Waals surface area contributed by atoms with Gasteiger partial charge in [0, 0.05) is 55.3 Å². The number of hydrogen-bond donors (Lipinski definition) is 1. The largest absolute Gasteiger partial charge is 0.444 e. The van der Waals surface area contributed by atoms with Crippen LogP contribution in [0.5, 0.6) is 0 Å². The molecule has 46 heavy (non-hydrogen) atoms. The highest BCUT2D eigenvalue weighted by molar-refractivity contribution is 9.08. The molecule has 2 aromatic rings. The van der Waals surface area contributed by atoms with Crippen LogP contribution in [0.3, 0.4) is 0 Å². The van der Waals surface area contributed by atoms with E-state index in [-0.39, 0.29) is 11.7 Å². The first-order chi connectivity index (χ1) is 22.0. The van der Waals surface area contributed by atoms with E-state index in [4.69, 9.17) is 27.9 Å². The predicted molar refractivity (Wildman–Crippen MR) is 188 cm³/mol. The summed E-state index contributed by atoms with van der Waals surface area (Å²) in [5.41, 5.74) is 2.99. The normalized spacial score (nSPS) is 21.0. The number of rotatable bonds is 3. The first-order valence-electron chi connectivity index (χ1n) is 16.9. The number of carbonyl (C=O) groups excluding carboxylic acids is 1. The lowest BCUT2D eigenvalue weighted by Gasteiger charge is -2.44. The van der Waals surface area contributed by atoms with E-state index in [1.54, 1.807) is 12.4 Å². The molecule has 2 spiro atoms. The maximum absolute atomic E-state index is 12.0. The van der Waals surface area contributed by atoms with Crippen molar-refractivity contribution in [1.82, 2.24) is 35.1 Å². The van der Waals surface area contributed by atoms with Crippen LogP contribution in [0, 0.1) is 10.8 Å². The van der Waals surface area contributed by atoms with Crippen molar-refractivity contribution < 1.29 is 9.53 Å². The molecule has 4 fully saturated rings. The fourth-order valence-electron chi connectivity index (χ4n) is 7.02. The third-order valence-electron chi connectivity index (χ3n) is 9.88. The smallest absolute Gasteiger partial charge is 0.410 e.